The molecule has 2 aliphatic rings. The molecule has 3 rings (SSSR count). The summed E-state index contributed by atoms with van der Waals surface area (Å²) in [6, 6.07) is 3.16. The van der Waals surface area contributed by atoms with Crippen molar-refractivity contribution in [2.45, 2.75) is 38.2 Å². The van der Waals surface area contributed by atoms with Gasteiger partial charge in [0.05, 0.1) is 0 Å². The van der Waals surface area contributed by atoms with Crippen LogP contribution >= 0.6 is 0 Å². The predicted molar refractivity (Wildman–Crippen MR) is 71.6 cm³/mol. The number of rotatable bonds is 2. The number of hydrogen-bond donors (Lipinski definition) is 1. The van der Waals surface area contributed by atoms with Gasteiger partial charge >= 0.3 is 0 Å². The van der Waals surface area contributed by atoms with E-state index < -0.39 is 11.5 Å². The molecule has 110 valence electrons. The summed E-state index contributed by atoms with van der Waals surface area (Å²) in [5, 5.41) is 3.34. The Hall–Kier alpha value is -1.36. The minimum Gasteiger partial charge on any atom is -0.486 e. The molecule has 1 atom stereocenters. The highest BCUT2D eigenvalue weighted by Gasteiger charge is 2.39. The summed E-state index contributed by atoms with van der Waals surface area (Å²) in [5.74, 6) is -1.93. The molecule has 0 aromatic heterocycles. The molecule has 0 saturated carbocycles. The molecule has 5 heteroatoms. The quantitative estimate of drug-likeness (QED) is 0.904. The first kappa shape index (κ1) is 13.6. The molecule has 0 amide bonds. The van der Waals surface area contributed by atoms with Gasteiger partial charge in [-0.25, -0.2) is 8.78 Å². The molecule has 2 heterocycles. The summed E-state index contributed by atoms with van der Waals surface area (Å²) in [6.07, 6.45) is 1.83. The van der Waals surface area contributed by atoms with Crippen molar-refractivity contribution in [2.75, 3.05) is 19.8 Å². The highest BCUT2D eigenvalue weighted by molar-refractivity contribution is 5.52. The SMILES string of the molecule is CC(F)(F)c1cc2c(cc1C1(C)CCCN1)OCCO2. The van der Waals surface area contributed by atoms with Gasteiger partial charge in [-0.3, -0.25) is 0 Å². The fraction of sp³-hybridized carbons (Fsp3) is 0.600. The van der Waals surface area contributed by atoms with Crippen molar-refractivity contribution in [3.63, 3.8) is 0 Å². The first-order valence-corrected chi connectivity index (χ1v) is 6.98. The van der Waals surface area contributed by atoms with Crippen molar-refractivity contribution in [1.29, 1.82) is 0 Å². The van der Waals surface area contributed by atoms with E-state index in [2.05, 4.69) is 5.32 Å². The third-order valence-electron chi connectivity index (χ3n) is 4.12. The van der Waals surface area contributed by atoms with Crippen LogP contribution in [0, 0.1) is 0 Å². The summed E-state index contributed by atoms with van der Waals surface area (Å²) in [4.78, 5) is 0. The minimum atomic E-state index is -2.90. The van der Waals surface area contributed by atoms with Gasteiger partial charge in [-0.2, -0.15) is 0 Å². The van der Waals surface area contributed by atoms with Crippen LogP contribution in [-0.4, -0.2) is 19.8 Å². The van der Waals surface area contributed by atoms with E-state index in [4.69, 9.17) is 9.47 Å². The summed E-state index contributed by atoms with van der Waals surface area (Å²) >= 11 is 0. The largest absolute Gasteiger partial charge is 0.486 e. The normalized spacial score (nSPS) is 25.8. The number of ether oxygens (including phenoxy) is 2. The van der Waals surface area contributed by atoms with Gasteiger partial charge < -0.3 is 14.8 Å². The lowest BCUT2D eigenvalue weighted by molar-refractivity contribution is 0.0146. The van der Waals surface area contributed by atoms with E-state index in [1.54, 1.807) is 6.07 Å². The maximum atomic E-state index is 14.0. The molecule has 2 aliphatic heterocycles. The standard InChI is InChI=1S/C15H19F2NO2/c1-14(4-3-5-18-14)10-8-12-13(20-7-6-19-12)9-11(10)15(2,16)17/h8-9,18H,3-7H2,1-2H3. The van der Waals surface area contributed by atoms with Gasteiger partial charge in [0.1, 0.15) is 13.2 Å². The predicted octanol–water partition coefficient (Wildman–Crippen LogP) is 3.17. The monoisotopic (exact) mass is 283 g/mol. The van der Waals surface area contributed by atoms with Crippen molar-refractivity contribution in [2.24, 2.45) is 0 Å². The molecule has 1 unspecified atom stereocenters. The molecule has 1 fully saturated rings. The molecule has 1 N–H and O–H groups in total. The third-order valence-corrected chi connectivity index (χ3v) is 4.12. The number of fused-ring (bicyclic) bond motifs is 1. The fourth-order valence-electron chi connectivity index (χ4n) is 3.03. The minimum absolute atomic E-state index is 0.0265. The lowest BCUT2D eigenvalue weighted by Gasteiger charge is -2.31. The van der Waals surface area contributed by atoms with E-state index in [-0.39, 0.29) is 5.56 Å². The Labute approximate surface area is 117 Å². The number of alkyl halides is 2. The van der Waals surface area contributed by atoms with Crippen LogP contribution in [-0.2, 0) is 11.5 Å². The van der Waals surface area contributed by atoms with Crippen molar-refractivity contribution < 1.29 is 18.3 Å². The van der Waals surface area contributed by atoms with E-state index >= 15 is 0 Å². The van der Waals surface area contributed by atoms with Gasteiger partial charge in [-0.05, 0) is 44.0 Å². The second-order valence-corrected chi connectivity index (χ2v) is 5.79. The zero-order valence-corrected chi connectivity index (χ0v) is 11.8. The van der Waals surface area contributed by atoms with E-state index in [0.717, 1.165) is 26.3 Å². The van der Waals surface area contributed by atoms with Crippen molar-refractivity contribution in [3.05, 3.63) is 23.3 Å². The van der Waals surface area contributed by atoms with Crippen LogP contribution < -0.4 is 14.8 Å². The maximum Gasteiger partial charge on any atom is 0.270 e. The second-order valence-electron chi connectivity index (χ2n) is 5.79. The molecular weight excluding hydrogens is 264 g/mol. The van der Waals surface area contributed by atoms with E-state index in [9.17, 15) is 8.78 Å². The maximum absolute atomic E-state index is 14.0. The van der Waals surface area contributed by atoms with Gasteiger partial charge in [-0.15, -0.1) is 0 Å². The number of benzene rings is 1. The Balaban J connectivity index is 2.15. The Morgan fingerprint density at radius 2 is 1.85 bits per heavy atom. The third kappa shape index (κ3) is 2.24. The Morgan fingerprint density at radius 1 is 1.20 bits per heavy atom. The molecule has 3 nitrogen and oxygen atoms in total. The lowest BCUT2D eigenvalue weighted by Crippen LogP contribution is -2.36. The lowest BCUT2D eigenvalue weighted by atomic mass is 9.84. The van der Waals surface area contributed by atoms with Gasteiger partial charge in [0, 0.05) is 18.0 Å². The number of nitrogens with one attached hydrogen (secondary N) is 1. The number of hydrogen-bond acceptors (Lipinski definition) is 3. The van der Waals surface area contributed by atoms with Gasteiger partial charge in [0.2, 0.25) is 0 Å². The molecule has 20 heavy (non-hydrogen) atoms. The molecule has 0 radical (unpaired) electrons. The highest BCUT2D eigenvalue weighted by Crippen LogP contribution is 2.45. The molecular formula is C15H19F2NO2. The van der Waals surface area contributed by atoms with Crippen LogP contribution in [0.1, 0.15) is 37.8 Å². The Kier molecular flexibility index (Phi) is 3.12. The Bertz CT molecular complexity index is 519. The highest BCUT2D eigenvalue weighted by atomic mass is 19.3. The summed E-state index contributed by atoms with van der Waals surface area (Å²) in [7, 11) is 0. The zero-order valence-electron chi connectivity index (χ0n) is 11.8. The summed E-state index contributed by atoms with van der Waals surface area (Å²) < 4.78 is 38.9. The Morgan fingerprint density at radius 3 is 2.40 bits per heavy atom. The van der Waals surface area contributed by atoms with Crippen molar-refractivity contribution in [3.8, 4) is 11.5 Å². The molecule has 0 aliphatic carbocycles. The molecule has 0 spiro atoms. The van der Waals surface area contributed by atoms with Crippen LogP contribution in [0.2, 0.25) is 0 Å². The topological polar surface area (TPSA) is 30.5 Å². The molecule has 0 bridgehead atoms. The second kappa shape index (κ2) is 4.58. The zero-order chi connectivity index (χ0) is 14.4. The summed E-state index contributed by atoms with van der Waals surface area (Å²) in [5.41, 5.74) is 0.218. The first-order chi connectivity index (χ1) is 9.40. The van der Waals surface area contributed by atoms with Crippen molar-refractivity contribution >= 4 is 0 Å². The van der Waals surface area contributed by atoms with E-state index in [0.29, 0.717) is 30.3 Å². The van der Waals surface area contributed by atoms with Crippen LogP contribution in [0.3, 0.4) is 0 Å². The van der Waals surface area contributed by atoms with Gasteiger partial charge in [-0.1, -0.05) is 0 Å². The number of halogens is 2. The van der Waals surface area contributed by atoms with Crippen LogP contribution in [0.4, 0.5) is 8.78 Å². The average Bonchev–Trinajstić information content (AvgIpc) is 2.84. The first-order valence-electron chi connectivity index (χ1n) is 6.98. The molecule has 1 aromatic rings. The smallest absolute Gasteiger partial charge is 0.270 e. The van der Waals surface area contributed by atoms with Crippen LogP contribution in [0.25, 0.3) is 0 Å². The van der Waals surface area contributed by atoms with Crippen LogP contribution in [0.5, 0.6) is 11.5 Å². The summed E-state index contributed by atoms with van der Waals surface area (Å²) in [6.45, 7) is 4.61. The van der Waals surface area contributed by atoms with Gasteiger partial charge in [0.25, 0.3) is 5.92 Å². The average molecular weight is 283 g/mol. The fourth-order valence-corrected chi connectivity index (χ4v) is 3.03. The van der Waals surface area contributed by atoms with E-state index in [1.165, 1.54) is 6.07 Å². The van der Waals surface area contributed by atoms with Gasteiger partial charge in [0.15, 0.2) is 11.5 Å². The van der Waals surface area contributed by atoms with E-state index in [1.807, 2.05) is 6.92 Å². The van der Waals surface area contributed by atoms with Crippen molar-refractivity contribution in [1.82, 2.24) is 5.32 Å². The molecule has 1 saturated heterocycles. The van der Waals surface area contributed by atoms with Crippen LogP contribution in [0.15, 0.2) is 12.1 Å². The molecule has 1 aromatic carbocycles.